The van der Waals surface area contributed by atoms with E-state index in [-0.39, 0.29) is 0 Å². The maximum atomic E-state index is 10.4. The third-order valence-electron chi connectivity index (χ3n) is 3.09. The summed E-state index contributed by atoms with van der Waals surface area (Å²) in [5, 5.41) is 10.4. The van der Waals surface area contributed by atoms with Crippen LogP contribution in [0.2, 0.25) is 0 Å². The molecule has 3 nitrogen and oxygen atoms in total. The molecule has 0 aromatic heterocycles. The molecule has 0 spiro atoms. The molecular weight excluding hydrogens is 252 g/mol. The summed E-state index contributed by atoms with van der Waals surface area (Å²) in [6, 6.07) is 15.3. The van der Waals surface area contributed by atoms with Gasteiger partial charge >= 0.3 is 0 Å². The molecule has 0 heterocycles. The summed E-state index contributed by atoms with van der Waals surface area (Å²) in [4.78, 5) is 0. The second-order valence-electron chi connectivity index (χ2n) is 4.58. The number of ether oxygens (including phenoxy) is 2. The third-order valence-corrected chi connectivity index (χ3v) is 3.09. The fourth-order valence-corrected chi connectivity index (χ4v) is 2.10. The maximum absolute atomic E-state index is 10.4. The number of rotatable bonds is 6. The van der Waals surface area contributed by atoms with Crippen LogP contribution in [-0.4, -0.2) is 18.8 Å². The Kier molecular flexibility index (Phi) is 5.16. The van der Waals surface area contributed by atoms with Gasteiger partial charge in [0.2, 0.25) is 0 Å². The largest absolute Gasteiger partial charge is 0.494 e. The molecule has 2 aromatic rings. The van der Waals surface area contributed by atoms with Crippen molar-refractivity contribution in [2.45, 2.75) is 19.6 Å². The van der Waals surface area contributed by atoms with Crippen molar-refractivity contribution in [1.82, 2.24) is 0 Å². The van der Waals surface area contributed by atoms with Gasteiger partial charge in [0.05, 0.1) is 13.2 Å². The van der Waals surface area contributed by atoms with E-state index in [2.05, 4.69) is 0 Å². The summed E-state index contributed by atoms with van der Waals surface area (Å²) in [5.41, 5.74) is 2.78. The third kappa shape index (κ3) is 3.59. The Morgan fingerprint density at radius 1 is 1.05 bits per heavy atom. The van der Waals surface area contributed by atoms with Crippen molar-refractivity contribution in [2.75, 3.05) is 13.7 Å². The van der Waals surface area contributed by atoms with Crippen molar-refractivity contribution in [1.29, 1.82) is 0 Å². The van der Waals surface area contributed by atoms with E-state index in [1.807, 2.05) is 55.5 Å². The lowest BCUT2D eigenvalue weighted by molar-refractivity contribution is 0.184. The van der Waals surface area contributed by atoms with Gasteiger partial charge in [-0.1, -0.05) is 36.4 Å². The van der Waals surface area contributed by atoms with Crippen LogP contribution in [0.15, 0.2) is 48.5 Å². The van der Waals surface area contributed by atoms with Crippen LogP contribution in [0.3, 0.4) is 0 Å². The van der Waals surface area contributed by atoms with Crippen LogP contribution in [-0.2, 0) is 11.3 Å². The zero-order valence-electron chi connectivity index (χ0n) is 11.9. The molecule has 1 N–H and O–H groups in total. The van der Waals surface area contributed by atoms with Gasteiger partial charge in [-0.2, -0.15) is 0 Å². The van der Waals surface area contributed by atoms with Gasteiger partial charge in [-0.3, -0.25) is 0 Å². The lowest BCUT2D eigenvalue weighted by Gasteiger charge is -2.13. The summed E-state index contributed by atoms with van der Waals surface area (Å²) in [6.45, 7) is 3.14. The Bertz CT molecular complexity index is 534. The van der Waals surface area contributed by atoms with E-state index in [0.717, 1.165) is 22.4 Å². The molecule has 1 atom stereocenters. The SMILES string of the molecule is CCOc1cccc(C(O)c2ccc(COC)cc2)c1. The predicted octanol–water partition coefficient (Wildman–Crippen LogP) is 3.31. The lowest BCUT2D eigenvalue weighted by Crippen LogP contribution is -2.01. The van der Waals surface area contributed by atoms with Crippen LogP contribution in [0.1, 0.15) is 29.7 Å². The molecule has 2 aromatic carbocycles. The molecule has 0 amide bonds. The zero-order valence-corrected chi connectivity index (χ0v) is 11.9. The van der Waals surface area contributed by atoms with Crippen molar-refractivity contribution in [2.24, 2.45) is 0 Å². The highest BCUT2D eigenvalue weighted by Gasteiger charge is 2.11. The van der Waals surface area contributed by atoms with E-state index < -0.39 is 6.10 Å². The molecular formula is C17H20O3. The smallest absolute Gasteiger partial charge is 0.119 e. The molecule has 0 saturated carbocycles. The number of aliphatic hydroxyl groups is 1. The monoisotopic (exact) mass is 272 g/mol. The number of aliphatic hydroxyl groups excluding tert-OH is 1. The number of benzene rings is 2. The minimum absolute atomic E-state index is 0.580. The summed E-state index contributed by atoms with van der Waals surface area (Å²) >= 11 is 0. The molecule has 1 unspecified atom stereocenters. The normalized spacial score (nSPS) is 12.2. The Morgan fingerprint density at radius 3 is 2.45 bits per heavy atom. The predicted molar refractivity (Wildman–Crippen MR) is 78.8 cm³/mol. The first-order chi connectivity index (χ1) is 9.74. The summed E-state index contributed by atoms with van der Waals surface area (Å²) < 4.78 is 10.5. The van der Waals surface area contributed by atoms with Crippen LogP contribution in [0, 0.1) is 0 Å². The lowest BCUT2D eigenvalue weighted by atomic mass is 10.0. The Balaban J connectivity index is 2.17. The number of hydrogen-bond donors (Lipinski definition) is 1. The maximum Gasteiger partial charge on any atom is 0.119 e. The van der Waals surface area contributed by atoms with Gasteiger partial charge in [0.1, 0.15) is 11.9 Å². The van der Waals surface area contributed by atoms with E-state index in [0.29, 0.717) is 13.2 Å². The van der Waals surface area contributed by atoms with Crippen LogP contribution in [0.5, 0.6) is 5.75 Å². The van der Waals surface area contributed by atoms with Crippen LogP contribution in [0.25, 0.3) is 0 Å². The Labute approximate surface area is 119 Å². The van der Waals surface area contributed by atoms with Gasteiger partial charge in [0, 0.05) is 7.11 Å². The summed E-state index contributed by atoms with van der Waals surface area (Å²) in [5.74, 6) is 0.778. The molecule has 0 aliphatic rings. The molecule has 3 heteroatoms. The van der Waals surface area contributed by atoms with Gasteiger partial charge in [-0.25, -0.2) is 0 Å². The first kappa shape index (κ1) is 14.6. The van der Waals surface area contributed by atoms with Crippen molar-refractivity contribution in [3.63, 3.8) is 0 Å². The fraction of sp³-hybridized carbons (Fsp3) is 0.294. The second-order valence-corrected chi connectivity index (χ2v) is 4.58. The number of hydrogen-bond acceptors (Lipinski definition) is 3. The quantitative estimate of drug-likeness (QED) is 0.876. The van der Waals surface area contributed by atoms with E-state index in [1.165, 1.54) is 0 Å². The average Bonchev–Trinajstić information content (AvgIpc) is 2.48. The van der Waals surface area contributed by atoms with E-state index in [9.17, 15) is 5.11 Å². The highest BCUT2D eigenvalue weighted by molar-refractivity contribution is 5.36. The molecule has 0 aliphatic carbocycles. The van der Waals surface area contributed by atoms with E-state index >= 15 is 0 Å². The van der Waals surface area contributed by atoms with E-state index in [4.69, 9.17) is 9.47 Å². The van der Waals surface area contributed by atoms with Crippen LogP contribution in [0.4, 0.5) is 0 Å². The minimum Gasteiger partial charge on any atom is -0.494 e. The molecule has 0 bridgehead atoms. The summed E-state index contributed by atoms with van der Waals surface area (Å²) in [7, 11) is 1.67. The van der Waals surface area contributed by atoms with Crippen molar-refractivity contribution in [3.05, 3.63) is 65.2 Å². The fourth-order valence-electron chi connectivity index (χ4n) is 2.10. The zero-order chi connectivity index (χ0) is 14.4. The molecule has 0 aliphatic heterocycles. The molecule has 0 fully saturated rings. The van der Waals surface area contributed by atoms with E-state index in [1.54, 1.807) is 7.11 Å². The second kappa shape index (κ2) is 7.08. The standard InChI is InChI=1S/C17H20O3/c1-3-20-16-6-4-5-15(11-16)17(18)14-9-7-13(8-10-14)12-19-2/h4-11,17-18H,3,12H2,1-2H3. The minimum atomic E-state index is -0.646. The molecule has 0 radical (unpaired) electrons. The molecule has 20 heavy (non-hydrogen) atoms. The van der Waals surface area contributed by atoms with Crippen molar-refractivity contribution in [3.8, 4) is 5.75 Å². The van der Waals surface area contributed by atoms with Crippen LogP contribution >= 0.6 is 0 Å². The number of methoxy groups -OCH3 is 1. The first-order valence-electron chi connectivity index (χ1n) is 6.73. The highest BCUT2D eigenvalue weighted by Crippen LogP contribution is 2.25. The molecule has 2 rings (SSSR count). The van der Waals surface area contributed by atoms with Crippen LogP contribution < -0.4 is 4.74 Å². The van der Waals surface area contributed by atoms with Crippen molar-refractivity contribution >= 4 is 0 Å². The first-order valence-corrected chi connectivity index (χ1v) is 6.73. The van der Waals surface area contributed by atoms with Gasteiger partial charge in [0.25, 0.3) is 0 Å². The average molecular weight is 272 g/mol. The Morgan fingerprint density at radius 2 is 1.80 bits per heavy atom. The van der Waals surface area contributed by atoms with Crippen molar-refractivity contribution < 1.29 is 14.6 Å². The van der Waals surface area contributed by atoms with Gasteiger partial charge in [0.15, 0.2) is 0 Å². The molecule has 106 valence electrons. The molecule has 0 saturated heterocycles. The Hall–Kier alpha value is -1.84. The topological polar surface area (TPSA) is 38.7 Å². The van der Waals surface area contributed by atoms with Gasteiger partial charge in [-0.15, -0.1) is 0 Å². The highest BCUT2D eigenvalue weighted by atomic mass is 16.5. The van der Waals surface area contributed by atoms with Gasteiger partial charge < -0.3 is 14.6 Å². The van der Waals surface area contributed by atoms with Gasteiger partial charge in [-0.05, 0) is 35.7 Å². The summed E-state index contributed by atoms with van der Waals surface area (Å²) in [6.07, 6.45) is -0.646.